The van der Waals surface area contributed by atoms with Crippen molar-refractivity contribution in [3.05, 3.63) is 65.2 Å². The van der Waals surface area contributed by atoms with E-state index < -0.39 is 0 Å². The van der Waals surface area contributed by atoms with Gasteiger partial charge in [-0.2, -0.15) is 0 Å². The van der Waals surface area contributed by atoms with Crippen molar-refractivity contribution in [1.29, 1.82) is 0 Å². The lowest BCUT2D eigenvalue weighted by molar-refractivity contribution is -0.123. The van der Waals surface area contributed by atoms with Crippen molar-refractivity contribution in [2.24, 2.45) is 0 Å². The third kappa shape index (κ3) is 6.31. The van der Waals surface area contributed by atoms with Crippen LogP contribution in [0.2, 0.25) is 0 Å². The smallest absolute Gasteiger partial charge is 0.258 e. The van der Waals surface area contributed by atoms with Crippen molar-refractivity contribution in [2.45, 2.75) is 39.2 Å². The third-order valence-corrected chi connectivity index (χ3v) is 5.53. The first-order chi connectivity index (χ1) is 14.3. The van der Waals surface area contributed by atoms with Gasteiger partial charge in [-0.25, -0.2) is 0 Å². The maximum Gasteiger partial charge on any atom is 0.258 e. The average molecular weight is 411 g/mol. The van der Waals surface area contributed by atoms with Gasteiger partial charge in [0, 0.05) is 19.6 Å². The fraction of sp³-hybridized carbons (Fsp3) is 0.480. The molecule has 1 amide bonds. The molecule has 2 aromatic carbocycles. The molecular formula is C25H34N2O3. The van der Waals surface area contributed by atoms with Crippen molar-refractivity contribution in [3.8, 4) is 5.75 Å². The van der Waals surface area contributed by atoms with Crippen LogP contribution in [0.1, 0.15) is 43.5 Å². The highest BCUT2D eigenvalue weighted by molar-refractivity contribution is 5.77. The standard InChI is InChI=1S/C25H34N2O3/c1-19-5-11-22(12-6-19)30-18-24(28)26-17-23(27-13-15-29-16-14-27)20-7-9-21(10-8-20)25(2,3)4/h5-12,23H,13-18H2,1-4H3,(H,26,28)/t23-/m0/s1. The molecule has 0 bridgehead atoms. The highest BCUT2D eigenvalue weighted by atomic mass is 16.5. The number of ether oxygens (including phenoxy) is 2. The van der Waals surface area contributed by atoms with E-state index in [9.17, 15) is 4.79 Å². The molecule has 1 fully saturated rings. The molecule has 0 radical (unpaired) electrons. The first-order valence-electron chi connectivity index (χ1n) is 10.7. The highest BCUT2D eigenvalue weighted by Gasteiger charge is 2.24. The second-order valence-electron chi connectivity index (χ2n) is 8.94. The number of amides is 1. The van der Waals surface area contributed by atoms with Gasteiger partial charge in [0.15, 0.2) is 6.61 Å². The number of carbonyl (C=O) groups excluding carboxylic acids is 1. The van der Waals surface area contributed by atoms with Crippen molar-refractivity contribution >= 4 is 5.91 Å². The second kappa shape index (κ2) is 10.1. The number of benzene rings is 2. The maximum atomic E-state index is 12.4. The molecule has 3 rings (SSSR count). The van der Waals surface area contributed by atoms with Crippen LogP contribution in [-0.4, -0.2) is 50.3 Å². The molecule has 1 aliphatic heterocycles. The first-order valence-corrected chi connectivity index (χ1v) is 10.7. The van der Waals surface area contributed by atoms with Gasteiger partial charge < -0.3 is 14.8 Å². The Hall–Kier alpha value is -2.37. The predicted molar refractivity (Wildman–Crippen MR) is 120 cm³/mol. The summed E-state index contributed by atoms with van der Waals surface area (Å²) in [4.78, 5) is 14.8. The van der Waals surface area contributed by atoms with Gasteiger partial charge in [-0.1, -0.05) is 62.7 Å². The molecule has 1 N–H and O–H groups in total. The Labute approximate surface area is 180 Å². The molecule has 162 valence electrons. The summed E-state index contributed by atoms with van der Waals surface area (Å²) in [6, 6.07) is 16.6. The first kappa shape index (κ1) is 22.3. The van der Waals surface area contributed by atoms with Crippen molar-refractivity contribution in [2.75, 3.05) is 39.5 Å². The van der Waals surface area contributed by atoms with E-state index >= 15 is 0 Å². The average Bonchev–Trinajstić information content (AvgIpc) is 2.74. The SMILES string of the molecule is Cc1ccc(OCC(=O)NC[C@@H](c2ccc(C(C)(C)C)cc2)N2CCOCC2)cc1. The molecule has 0 saturated carbocycles. The molecule has 0 aromatic heterocycles. The summed E-state index contributed by atoms with van der Waals surface area (Å²) in [6.07, 6.45) is 0. The lowest BCUT2D eigenvalue weighted by atomic mass is 9.86. The van der Waals surface area contributed by atoms with Crippen LogP contribution in [0.5, 0.6) is 5.75 Å². The molecule has 1 saturated heterocycles. The van der Waals surface area contributed by atoms with Gasteiger partial charge in [0.2, 0.25) is 0 Å². The van der Waals surface area contributed by atoms with Gasteiger partial charge in [0.05, 0.1) is 19.3 Å². The fourth-order valence-corrected chi connectivity index (χ4v) is 3.60. The van der Waals surface area contributed by atoms with E-state index in [-0.39, 0.29) is 24.0 Å². The number of carbonyl (C=O) groups is 1. The molecule has 0 spiro atoms. The normalized spacial score (nSPS) is 16.1. The van der Waals surface area contributed by atoms with E-state index in [2.05, 4.69) is 55.3 Å². The Morgan fingerprint density at radius 3 is 2.30 bits per heavy atom. The summed E-state index contributed by atoms with van der Waals surface area (Å²) in [5, 5.41) is 3.06. The van der Waals surface area contributed by atoms with Crippen LogP contribution in [0, 0.1) is 6.92 Å². The molecule has 0 aliphatic carbocycles. The summed E-state index contributed by atoms with van der Waals surface area (Å²) < 4.78 is 11.1. The quantitative estimate of drug-likeness (QED) is 0.753. The van der Waals surface area contributed by atoms with Crippen LogP contribution < -0.4 is 10.1 Å². The van der Waals surface area contributed by atoms with Crippen LogP contribution in [0.15, 0.2) is 48.5 Å². The van der Waals surface area contributed by atoms with Crippen LogP contribution in [-0.2, 0) is 14.9 Å². The van der Waals surface area contributed by atoms with Gasteiger partial charge in [-0.15, -0.1) is 0 Å². The van der Waals surface area contributed by atoms with Crippen molar-refractivity contribution in [3.63, 3.8) is 0 Å². The Morgan fingerprint density at radius 2 is 1.70 bits per heavy atom. The molecular weight excluding hydrogens is 376 g/mol. The minimum Gasteiger partial charge on any atom is -0.484 e. The van der Waals surface area contributed by atoms with Crippen LogP contribution >= 0.6 is 0 Å². The molecule has 0 unspecified atom stereocenters. The Bertz CT molecular complexity index is 804. The van der Waals surface area contributed by atoms with Gasteiger partial charge in [-0.3, -0.25) is 9.69 Å². The summed E-state index contributed by atoms with van der Waals surface area (Å²) in [5.41, 5.74) is 3.80. The zero-order valence-electron chi connectivity index (χ0n) is 18.6. The summed E-state index contributed by atoms with van der Waals surface area (Å²) in [7, 11) is 0. The van der Waals surface area contributed by atoms with Crippen LogP contribution in [0.3, 0.4) is 0 Å². The van der Waals surface area contributed by atoms with Gasteiger partial charge in [0.25, 0.3) is 5.91 Å². The van der Waals surface area contributed by atoms with Gasteiger partial charge >= 0.3 is 0 Å². The maximum absolute atomic E-state index is 12.4. The molecule has 5 heteroatoms. The van der Waals surface area contributed by atoms with Crippen molar-refractivity contribution in [1.82, 2.24) is 10.2 Å². The van der Waals surface area contributed by atoms with Crippen molar-refractivity contribution < 1.29 is 14.3 Å². The summed E-state index contributed by atoms with van der Waals surface area (Å²) >= 11 is 0. The second-order valence-corrected chi connectivity index (χ2v) is 8.94. The van der Waals surface area contributed by atoms with E-state index in [0.717, 1.165) is 31.9 Å². The van der Waals surface area contributed by atoms with E-state index in [1.54, 1.807) is 0 Å². The Balaban J connectivity index is 1.62. The van der Waals surface area contributed by atoms with Gasteiger partial charge in [0.1, 0.15) is 5.75 Å². The Kier molecular flexibility index (Phi) is 7.51. The number of hydrogen-bond acceptors (Lipinski definition) is 4. The lowest BCUT2D eigenvalue weighted by Crippen LogP contribution is -2.44. The highest BCUT2D eigenvalue weighted by Crippen LogP contribution is 2.26. The number of rotatable bonds is 7. The number of nitrogens with one attached hydrogen (secondary N) is 1. The topological polar surface area (TPSA) is 50.8 Å². The summed E-state index contributed by atoms with van der Waals surface area (Å²) in [5.74, 6) is 0.596. The zero-order valence-corrected chi connectivity index (χ0v) is 18.6. The molecule has 1 heterocycles. The van der Waals surface area contributed by atoms with E-state index in [4.69, 9.17) is 9.47 Å². The number of morpholine rings is 1. The Morgan fingerprint density at radius 1 is 1.07 bits per heavy atom. The van der Waals surface area contributed by atoms with Gasteiger partial charge in [-0.05, 0) is 35.6 Å². The van der Waals surface area contributed by atoms with E-state index in [1.165, 1.54) is 11.1 Å². The lowest BCUT2D eigenvalue weighted by Gasteiger charge is -2.35. The molecule has 2 aromatic rings. The van der Waals surface area contributed by atoms with Crippen LogP contribution in [0.4, 0.5) is 0 Å². The molecule has 1 atom stereocenters. The number of nitrogens with zero attached hydrogens (tertiary/aromatic N) is 1. The fourth-order valence-electron chi connectivity index (χ4n) is 3.60. The van der Waals surface area contributed by atoms with Crippen LogP contribution in [0.25, 0.3) is 0 Å². The van der Waals surface area contributed by atoms with E-state index in [1.807, 2.05) is 31.2 Å². The monoisotopic (exact) mass is 410 g/mol. The molecule has 5 nitrogen and oxygen atoms in total. The third-order valence-electron chi connectivity index (χ3n) is 5.53. The zero-order chi connectivity index (χ0) is 21.6. The largest absolute Gasteiger partial charge is 0.484 e. The summed E-state index contributed by atoms with van der Waals surface area (Å²) in [6.45, 7) is 12.4. The van der Waals surface area contributed by atoms with E-state index in [0.29, 0.717) is 12.3 Å². The molecule has 30 heavy (non-hydrogen) atoms. The predicted octanol–water partition coefficient (Wildman–Crippen LogP) is 3.86. The minimum absolute atomic E-state index is 0.0157. The number of aryl methyl sites for hydroxylation is 1. The molecule has 1 aliphatic rings. The number of hydrogen-bond donors (Lipinski definition) is 1. The minimum atomic E-state index is -0.111.